The predicted molar refractivity (Wildman–Crippen MR) is 121 cm³/mol. The minimum Gasteiger partial charge on any atom is -0.406 e. The molecule has 0 N–H and O–H groups in total. The molecule has 5 rings (SSSR count). The normalized spacial score (nSPS) is 22.0. The van der Waals surface area contributed by atoms with Gasteiger partial charge in [0.15, 0.2) is 5.65 Å². The van der Waals surface area contributed by atoms with Gasteiger partial charge in [-0.2, -0.15) is 0 Å². The van der Waals surface area contributed by atoms with Crippen molar-refractivity contribution in [3.05, 3.63) is 67.8 Å². The fourth-order valence-electron chi connectivity index (χ4n) is 5.28. The number of halogens is 4. The Hall–Kier alpha value is -3.34. The summed E-state index contributed by atoms with van der Waals surface area (Å²) in [6, 6.07) is 5.71. The van der Waals surface area contributed by atoms with Gasteiger partial charge in [-0.25, -0.2) is 4.98 Å². The number of aryl methyl sites for hydroxylation is 1. The van der Waals surface area contributed by atoms with Gasteiger partial charge < -0.3 is 14.2 Å². The minimum absolute atomic E-state index is 0.185. The lowest BCUT2D eigenvalue weighted by Gasteiger charge is -2.39. The average Bonchev–Trinajstić information content (AvgIpc) is 3.06. The lowest BCUT2D eigenvalue weighted by atomic mass is 9.95. The molecule has 1 unspecified atom stereocenters. The number of carbonyl (C=O) groups is 1. The van der Waals surface area contributed by atoms with Crippen molar-refractivity contribution >= 4 is 28.7 Å². The molecule has 4 heterocycles. The first kappa shape index (κ1) is 23.4. The smallest absolute Gasteiger partial charge is 0.406 e. The lowest BCUT2D eigenvalue weighted by molar-refractivity contribution is -0.274. The van der Waals surface area contributed by atoms with Crippen molar-refractivity contribution in [3.8, 4) is 5.75 Å². The van der Waals surface area contributed by atoms with Gasteiger partial charge in [-0.1, -0.05) is 11.6 Å². The monoisotopic (exact) mass is 508 g/mol. The zero-order valence-electron chi connectivity index (χ0n) is 18.5. The van der Waals surface area contributed by atoms with Crippen molar-refractivity contribution < 1.29 is 22.7 Å². The van der Waals surface area contributed by atoms with Gasteiger partial charge in [-0.15, -0.1) is 13.2 Å². The molecule has 3 aromatic rings. The molecule has 8 nitrogen and oxygen atoms in total. The van der Waals surface area contributed by atoms with Crippen LogP contribution in [0.2, 0.25) is 5.02 Å². The molecule has 12 heteroatoms. The fraction of sp³-hybridized carbons (Fsp3) is 0.391. The predicted octanol–water partition coefficient (Wildman–Crippen LogP) is 3.66. The first-order chi connectivity index (χ1) is 16.5. The molecule has 2 bridgehead atoms. The van der Waals surface area contributed by atoms with Gasteiger partial charge in [0.05, 0.1) is 10.5 Å². The molecule has 2 aromatic heterocycles. The molecular formula is C23H20ClF3N4O4. The Balaban J connectivity index is 1.43. The highest BCUT2D eigenvalue weighted by Gasteiger charge is 2.44. The van der Waals surface area contributed by atoms with Gasteiger partial charge in [0.25, 0.3) is 5.91 Å². The van der Waals surface area contributed by atoms with Crippen LogP contribution in [0.5, 0.6) is 5.75 Å². The molecule has 2 fully saturated rings. The zero-order chi connectivity index (χ0) is 25.1. The number of ether oxygens (including phenoxy) is 1. The third kappa shape index (κ3) is 4.18. The highest BCUT2D eigenvalue weighted by molar-refractivity contribution is 6.31. The van der Waals surface area contributed by atoms with E-state index in [1.165, 1.54) is 34.5 Å². The standard InChI is InChI=1S/C23H20ClF3N4O4/c1-29-18-8-13(24)11-28-19(18)31(22(34)21(29)33)16-9-14-4-5-15(10-16)30(14)20(32)12-2-6-17(7-3-12)35-23(25,26)27/h2-3,6-8,11,14-16H,4-5,9-10H2,1H3/t14-,15+,16?. The van der Waals surface area contributed by atoms with Crippen LogP contribution in [0.3, 0.4) is 0 Å². The van der Waals surface area contributed by atoms with E-state index in [1.807, 2.05) is 0 Å². The van der Waals surface area contributed by atoms with Crippen molar-refractivity contribution in [3.63, 3.8) is 0 Å². The third-order valence-electron chi connectivity index (χ3n) is 6.75. The summed E-state index contributed by atoms with van der Waals surface area (Å²) in [4.78, 5) is 44.9. The Kier molecular flexibility index (Phi) is 5.62. The van der Waals surface area contributed by atoms with E-state index in [4.69, 9.17) is 11.6 Å². The SMILES string of the molecule is Cn1c(=O)c(=O)n(C2C[C@H]3CC[C@@H](C2)N3C(=O)c2ccc(OC(F)(F)F)cc2)c2ncc(Cl)cc21. The van der Waals surface area contributed by atoms with Crippen LogP contribution < -0.4 is 15.9 Å². The zero-order valence-corrected chi connectivity index (χ0v) is 19.2. The number of pyridine rings is 1. The van der Waals surface area contributed by atoms with E-state index >= 15 is 0 Å². The van der Waals surface area contributed by atoms with E-state index in [0.717, 1.165) is 25.0 Å². The van der Waals surface area contributed by atoms with Crippen molar-refractivity contribution in [2.45, 2.75) is 50.2 Å². The van der Waals surface area contributed by atoms with Gasteiger partial charge in [0, 0.05) is 36.9 Å². The molecule has 0 radical (unpaired) electrons. The molecule has 35 heavy (non-hydrogen) atoms. The maximum absolute atomic E-state index is 13.2. The van der Waals surface area contributed by atoms with E-state index in [0.29, 0.717) is 29.0 Å². The summed E-state index contributed by atoms with van der Waals surface area (Å²) in [6.45, 7) is 0. The third-order valence-corrected chi connectivity index (χ3v) is 6.96. The number of aromatic nitrogens is 3. The van der Waals surface area contributed by atoms with Crippen molar-refractivity contribution in [2.75, 3.05) is 0 Å². The molecule has 1 amide bonds. The number of benzene rings is 1. The van der Waals surface area contributed by atoms with Crippen LogP contribution in [-0.4, -0.2) is 43.4 Å². The number of rotatable bonds is 3. The van der Waals surface area contributed by atoms with Gasteiger partial charge in [0.2, 0.25) is 0 Å². The Morgan fingerprint density at radius 3 is 2.29 bits per heavy atom. The minimum atomic E-state index is -4.81. The summed E-state index contributed by atoms with van der Waals surface area (Å²) in [5.74, 6) is -0.694. The summed E-state index contributed by atoms with van der Waals surface area (Å²) >= 11 is 6.06. The molecule has 0 saturated carbocycles. The van der Waals surface area contributed by atoms with Crippen LogP contribution in [-0.2, 0) is 7.05 Å². The molecule has 2 saturated heterocycles. The number of amides is 1. The second-order valence-electron chi connectivity index (χ2n) is 8.83. The maximum atomic E-state index is 13.2. The first-order valence-corrected chi connectivity index (χ1v) is 11.4. The van der Waals surface area contributed by atoms with Gasteiger partial charge in [-0.3, -0.25) is 19.0 Å². The van der Waals surface area contributed by atoms with Gasteiger partial charge in [-0.05, 0) is 56.0 Å². The van der Waals surface area contributed by atoms with Crippen LogP contribution in [0.4, 0.5) is 13.2 Å². The Morgan fingerprint density at radius 1 is 1.06 bits per heavy atom. The summed E-state index contributed by atoms with van der Waals surface area (Å²) in [5, 5.41) is 0.338. The van der Waals surface area contributed by atoms with Crippen LogP contribution in [0.1, 0.15) is 42.1 Å². The quantitative estimate of drug-likeness (QED) is 0.504. The molecule has 2 aliphatic rings. The maximum Gasteiger partial charge on any atom is 0.573 e. The molecular weight excluding hydrogens is 489 g/mol. The Bertz CT molecular complexity index is 1420. The largest absolute Gasteiger partial charge is 0.573 e. The van der Waals surface area contributed by atoms with Crippen LogP contribution in [0.25, 0.3) is 11.2 Å². The van der Waals surface area contributed by atoms with Crippen molar-refractivity contribution in [1.82, 2.24) is 19.0 Å². The van der Waals surface area contributed by atoms with E-state index in [9.17, 15) is 27.6 Å². The topological polar surface area (TPSA) is 86.4 Å². The van der Waals surface area contributed by atoms with Crippen molar-refractivity contribution in [2.24, 2.45) is 7.05 Å². The van der Waals surface area contributed by atoms with E-state index in [2.05, 4.69) is 9.72 Å². The molecule has 0 spiro atoms. The lowest BCUT2D eigenvalue weighted by Crippen LogP contribution is -2.50. The highest BCUT2D eigenvalue weighted by Crippen LogP contribution is 2.42. The number of hydrogen-bond donors (Lipinski definition) is 0. The van der Waals surface area contributed by atoms with E-state index in [1.54, 1.807) is 11.0 Å². The summed E-state index contributed by atoms with van der Waals surface area (Å²) in [7, 11) is 1.49. The number of nitrogens with zero attached hydrogens (tertiary/aromatic N) is 4. The molecule has 184 valence electrons. The Morgan fingerprint density at radius 2 is 1.69 bits per heavy atom. The number of carbonyl (C=O) groups excluding carboxylic acids is 1. The van der Waals surface area contributed by atoms with Gasteiger partial charge >= 0.3 is 17.5 Å². The second kappa shape index (κ2) is 8.40. The first-order valence-electron chi connectivity index (χ1n) is 11.0. The van der Waals surface area contributed by atoms with Crippen molar-refractivity contribution in [1.29, 1.82) is 0 Å². The summed E-state index contributed by atoms with van der Waals surface area (Å²) in [5.41, 5.74) is -0.324. The average molecular weight is 509 g/mol. The molecule has 0 aliphatic carbocycles. The molecule has 3 atom stereocenters. The number of fused-ring (bicyclic) bond motifs is 3. The van der Waals surface area contributed by atoms with Crippen LogP contribution in [0, 0.1) is 0 Å². The highest BCUT2D eigenvalue weighted by atomic mass is 35.5. The van der Waals surface area contributed by atoms with Crippen LogP contribution in [0.15, 0.2) is 46.1 Å². The van der Waals surface area contributed by atoms with E-state index in [-0.39, 0.29) is 29.6 Å². The number of hydrogen-bond acceptors (Lipinski definition) is 5. The van der Waals surface area contributed by atoms with E-state index < -0.39 is 23.2 Å². The molecule has 1 aromatic carbocycles. The number of piperidine rings is 1. The number of alkyl halides is 3. The summed E-state index contributed by atoms with van der Waals surface area (Å²) < 4.78 is 43.8. The Labute approximate surface area is 201 Å². The second-order valence-corrected chi connectivity index (χ2v) is 9.27. The van der Waals surface area contributed by atoms with Gasteiger partial charge in [0.1, 0.15) is 5.75 Å². The summed E-state index contributed by atoms with van der Waals surface area (Å²) in [6.07, 6.45) is -1.05. The fourth-order valence-corrected chi connectivity index (χ4v) is 5.44. The molecule has 2 aliphatic heterocycles. The van der Waals surface area contributed by atoms with Crippen LogP contribution >= 0.6 is 11.6 Å².